The van der Waals surface area contributed by atoms with Crippen LogP contribution < -0.4 is 10.3 Å². The molecule has 3 aromatic carbocycles. The van der Waals surface area contributed by atoms with Crippen LogP contribution in [0.3, 0.4) is 0 Å². The summed E-state index contributed by atoms with van der Waals surface area (Å²) in [7, 11) is -1.65. The van der Waals surface area contributed by atoms with Gasteiger partial charge < -0.3 is 13.9 Å². The molecule has 0 spiro atoms. The van der Waals surface area contributed by atoms with Gasteiger partial charge in [-0.3, -0.25) is 4.79 Å². The molecule has 0 N–H and O–H groups in total. The number of para-hydroxylation sites is 1. The molecule has 0 aliphatic rings. The number of hydrogen-bond acceptors (Lipinski definition) is 5. The van der Waals surface area contributed by atoms with Crippen LogP contribution in [-0.4, -0.2) is 35.4 Å². The zero-order valence-corrected chi connectivity index (χ0v) is 22.0. The van der Waals surface area contributed by atoms with Crippen molar-refractivity contribution in [3.8, 4) is 16.9 Å². The van der Waals surface area contributed by atoms with Gasteiger partial charge in [-0.15, -0.1) is 0 Å². The van der Waals surface area contributed by atoms with Gasteiger partial charge in [0.1, 0.15) is 11.6 Å². The van der Waals surface area contributed by atoms with Crippen molar-refractivity contribution in [1.29, 1.82) is 0 Å². The van der Waals surface area contributed by atoms with Crippen LogP contribution in [0.5, 0.6) is 5.75 Å². The fourth-order valence-electron chi connectivity index (χ4n) is 4.48. The highest BCUT2D eigenvalue weighted by atomic mass is 32.2. The van der Waals surface area contributed by atoms with Crippen LogP contribution in [0.4, 0.5) is 8.78 Å². The number of halogens is 2. The Balaban J connectivity index is 1.62. The van der Waals surface area contributed by atoms with Crippen molar-refractivity contribution in [2.45, 2.75) is 24.5 Å². The predicted octanol–water partition coefficient (Wildman–Crippen LogP) is 5.05. The largest absolute Gasteiger partial charge is 0.434 e. The Hall–Kier alpha value is -4.31. The summed E-state index contributed by atoms with van der Waals surface area (Å²) in [6, 6.07) is 22.2. The van der Waals surface area contributed by atoms with Crippen molar-refractivity contribution < 1.29 is 21.9 Å². The summed E-state index contributed by atoms with van der Waals surface area (Å²) in [5.41, 5.74) is 4.46. The SMILES string of the molecule is Cn1cc(-c2ccc3nc(Cc4ccc(S(C)(=O)=O)cc4)n(Cc4ccccc4OC(F)F)c3c2)ccc1=O. The third-order valence-corrected chi connectivity index (χ3v) is 7.61. The van der Waals surface area contributed by atoms with Gasteiger partial charge in [-0.25, -0.2) is 13.4 Å². The van der Waals surface area contributed by atoms with E-state index < -0.39 is 16.4 Å². The summed E-state index contributed by atoms with van der Waals surface area (Å²) in [6.07, 6.45) is 3.29. The van der Waals surface area contributed by atoms with E-state index in [0.717, 1.165) is 28.5 Å². The molecule has 0 fully saturated rings. The maximum atomic E-state index is 13.1. The van der Waals surface area contributed by atoms with Crippen molar-refractivity contribution in [2.75, 3.05) is 6.26 Å². The lowest BCUT2D eigenvalue weighted by atomic mass is 10.1. The smallest absolute Gasteiger partial charge is 0.387 e. The molecule has 0 radical (unpaired) electrons. The fraction of sp³-hybridized carbons (Fsp3) is 0.172. The number of pyridine rings is 1. The Bertz CT molecular complexity index is 1830. The number of aromatic nitrogens is 3. The highest BCUT2D eigenvalue weighted by Gasteiger charge is 2.17. The fourth-order valence-corrected chi connectivity index (χ4v) is 5.11. The Morgan fingerprint density at radius 1 is 0.949 bits per heavy atom. The minimum Gasteiger partial charge on any atom is -0.434 e. The Morgan fingerprint density at radius 3 is 2.36 bits per heavy atom. The van der Waals surface area contributed by atoms with Gasteiger partial charge in [0.15, 0.2) is 9.84 Å². The Labute approximate surface area is 223 Å². The monoisotopic (exact) mass is 549 g/mol. The zero-order valence-electron chi connectivity index (χ0n) is 21.2. The minimum absolute atomic E-state index is 0.0759. The second-order valence-corrected chi connectivity index (χ2v) is 11.3. The predicted molar refractivity (Wildman–Crippen MR) is 145 cm³/mol. The zero-order chi connectivity index (χ0) is 27.7. The molecule has 0 unspecified atom stereocenters. The molecule has 5 aromatic rings. The standard InChI is InChI=1S/C29H25F2N3O4S/c1-33-17-21(10-14-28(33)35)20-9-13-24-25(16-20)34(18-22-5-3-4-6-26(22)38-29(30)31)27(32-24)15-19-7-11-23(12-8-19)39(2,36)37/h3-14,16-17,29H,15,18H2,1-2H3. The quantitative estimate of drug-likeness (QED) is 0.271. The molecular formula is C29H25F2N3O4S. The lowest BCUT2D eigenvalue weighted by Gasteiger charge is -2.14. The number of aryl methyl sites for hydroxylation is 1. The molecule has 0 aliphatic carbocycles. The molecule has 2 aromatic heterocycles. The molecule has 0 atom stereocenters. The van der Waals surface area contributed by atoms with Crippen LogP contribution in [0.25, 0.3) is 22.2 Å². The van der Waals surface area contributed by atoms with E-state index in [4.69, 9.17) is 9.72 Å². The second-order valence-electron chi connectivity index (χ2n) is 9.26. The van der Waals surface area contributed by atoms with E-state index in [1.165, 1.54) is 16.7 Å². The summed E-state index contributed by atoms with van der Waals surface area (Å²) in [5, 5.41) is 0. The first-order valence-electron chi connectivity index (χ1n) is 12.1. The number of alkyl halides is 2. The first-order valence-corrected chi connectivity index (χ1v) is 14.0. The van der Waals surface area contributed by atoms with Gasteiger partial charge in [-0.05, 0) is 53.1 Å². The maximum Gasteiger partial charge on any atom is 0.387 e. The summed E-state index contributed by atoms with van der Waals surface area (Å²) in [6.45, 7) is -2.75. The van der Waals surface area contributed by atoms with Crippen molar-refractivity contribution in [2.24, 2.45) is 7.05 Å². The third-order valence-electron chi connectivity index (χ3n) is 6.48. The molecule has 0 amide bonds. The number of ether oxygens (including phenoxy) is 1. The van der Waals surface area contributed by atoms with Crippen molar-refractivity contribution in [1.82, 2.24) is 14.1 Å². The molecule has 0 saturated carbocycles. The summed E-state index contributed by atoms with van der Waals surface area (Å²) in [5.74, 6) is 0.744. The lowest BCUT2D eigenvalue weighted by molar-refractivity contribution is -0.0504. The highest BCUT2D eigenvalue weighted by Crippen LogP contribution is 2.29. The van der Waals surface area contributed by atoms with E-state index in [2.05, 4.69) is 0 Å². The summed E-state index contributed by atoms with van der Waals surface area (Å²) < 4.78 is 58.2. The number of nitrogens with zero attached hydrogens (tertiary/aromatic N) is 3. The molecule has 5 rings (SSSR count). The summed E-state index contributed by atoms with van der Waals surface area (Å²) in [4.78, 5) is 16.9. The lowest BCUT2D eigenvalue weighted by Crippen LogP contribution is -2.13. The average Bonchev–Trinajstić information content (AvgIpc) is 3.22. The van der Waals surface area contributed by atoms with Crippen LogP contribution in [0.1, 0.15) is 17.0 Å². The first-order chi connectivity index (χ1) is 18.6. The van der Waals surface area contributed by atoms with E-state index in [-0.39, 0.29) is 22.7 Å². The minimum atomic E-state index is -3.33. The van der Waals surface area contributed by atoms with Gasteiger partial charge in [-0.1, -0.05) is 36.4 Å². The first kappa shape index (κ1) is 26.3. The Kier molecular flexibility index (Phi) is 7.05. The van der Waals surface area contributed by atoms with E-state index in [1.54, 1.807) is 61.8 Å². The van der Waals surface area contributed by atoms with Crippen LogP contribution in [0, 0.1) is 0 Å². The van der Waals surface area contributed by atoms with Crippen LogP contribution in [-0.2, 0) is 29.9 Å². The third kappa shape index (κ3) is 5.75. The van der Waals surface area contributed by atoms with Crippen molar-refractivity contribution in [3.05, 3.63) is 112 Å². The maximum absolute atomic E-state index is 13.1. The number of fused-ring (bicyclic) bond motifs is 1. The van der Waals surface area contributed by atoms with Crippen molar-refractivity contribution in [3.63, 3.8) is 0 Å². The number of rotatable bonds is 8. The second kappa shape index (κ2) is 10.5. The van der Waals surface area contributed by atoms with E-state index in [1.807, 2.05) is 22.8 Å². The van der Waals surface area contributed by atoms with E-state index in [0.29, 0.717) is 23.3 Å². The normalized spacial score (nSPS) is 11.8. The Morgan fingerprint density at radius 2 is 1.67 bits per heavy atom. The van der Waals surface area contributed by atoms with Gasteiger partial charge in [0.05, 0.1) is 22.5 Å². The summed E-state index contributed by atoms with van der Waals surface area (Å²) >= 11 is 0. The molecule has 0 bridgehead atoms. The molecule has 2 heterocycles. The topological polar surface area (TPSA) is 83.2 Å². The molecule has 7 nitrogen and oxygen atoms in total. The number of sulfone groups is 1. The van der Waals surface area contributed by atoms with E-state index in [9.17, 15) is 22.0 Å². The van der Waals surface area contributed by atoms with Gasteiger partial charge in [-0.2, -0.15) is 8.78 Å². The van der Waals surface area contributed by atoms with Gasteiger partial charge in [0, 0.05) is 37.6 Å². The molecule has 200 valence electrons. The van der Waals surface area contributed by atoms with Gasteiger partial charge in [0.25, 0.3) is 0 Å². The number of imidazole rings is 1. The number of benzene rings is 3. The number of hydrogen-bond donors (Lipinski definition) is 0. The van der Waals surface area contributed by atoms with Crippen LogP contribution >= 0.6 is 0 Å². The van der Waals surface area contributed by atoms with Gasteiger partial charge >= 0.3 is 6.61 Å². The molecule has 10 heteroatoms. The molecule has 39 heavy (non-hydrogen) atoms. The van der Waals surface area contributed by atoms with Crippen LogP contribution in [0.2, 0.25) is 0 Å². The van der Waals surface area contributed by atoms with Gasteiger partial charge in [0.2, 0.25) is 5.56 Å². The van der Waals surface area contributed by atoms with Crippen LogP contribution in [0.15, 0.2) is 94.7 Å². The average molecular weight is 550 g/mol. The van der Waals surface area contributed by atoms with Crippen molar-refractivity contribution >= 4 is 20.9 Å². The molecule has 0 saturated heterocycles. The molecule has 0 aliphatic heterocycles. The molecular weight excluding hydrogens is 524 g/mol. The highest BCUT2D eigenvalue weighted by molar-refractivity contribution is 7.90. The van der Waals surface area contributed by atoms with E-state index >= 15 is 0 Å².